The Morgan fingerprint density at radius 1 is 0.486 bits per heavy atom. The van der Waals surface area contributed by atoms with Gasteiger partial charge in [0.2, 0.25) is 35.6 Å². The van der Waals surface area contributed by atoms with E-state index in [0.29, 0.717) is 0 Å². The number of ether oxygens (including phenoxy) is 10. The average Bonchev–Trinajstić information content (AvgIpc) is 3.32. The summed E-state index contributed by atoms with van der Waals surface area (Å²) < 4.78 is 53.7. The molecule has 2 saturated heterocycles. The highest BCUT2D eigenvalue weighted by molar-refractivity contribution is 6.04. The Morgan fingerprint density at radius 2 is 0.814 bits per heavy atom. The zero-order chi connectivity index (χ0) is 51.2. The van der Waals surface area contributed by atoms with E-state index in [4.69, 9.17) is 47.4 Å². The molecular weight excluding hydrogens is 952 g/mol. The van der Waals surface area contributed by atoms with Crippen LogP contribution in [0.25, 0.3) is 0 Å². The number of carbonyl (C=O) groups is 4. The van der Waals surface area contributed by atoms with Gasteiger partial charge in [-0.25, -0.2) is 19.2 Å². The lowest BCUT2D eigenvalue weighted by Crippen LogP contribution is -2.60. The van der Waals surface area contributed by atoms with Crippen LogP contribution < -0.4 is 28.4 Å². The molecule has 0 spiro atoms. The van der Waals surface area contributed by atoms with Gasteiger partial charge in [0.1, 0.15) is 73.2 Å². The van der Waals surface area contributed by atoms with Gasteiger partial charge >= 0.3 is 23.9 Å². The molecule has 3 aliphatic heterocycles. The van der Waals surface area contributed by atoms with E-state index < -0.39 is 201 Å². The minimum absolute atomic E-state index is 0.464. The van der Waals surface area contributed by atoms with E-state index >= 15 is 0 Å². The van der Waals surface area contributed by atoms with E-state index in [0.717, 1.165) is 50.6 Å². The molecule has 0 saturated carbocycles. The molecule has 70 heavy (non-hydrogen) atoms. The molecule has 376 valence electrons. The number of rotatable bonds is 12. The molecule has 4 aromatic carbocycles. The summed E-state index contributed by atoms with van der Waals surface area (Å²) in [6, 6.07) is 4.49. The lowest BCUT2D eigenvalue weighted by molar-refractivity contribution is -0.277. The SMILES string of the molecule is COc1c(O[C@@H]2O[C@H](COC(=O)c3cc(O)c(O)c(O)c3)[C@@H](O)[C@H](O)C2O)cc2c(c1O)OC(=O)c1cc(O[C@@H]3O[C@H](COC(=O)c4cc(O)c(O)c(O)c4)[C@@H](O)[C@H](O)[C@H]3O)c(OC)c(O)c1OC2=O. The molecule has 7 rings (SSSR count). The Kier molecular flexibility index (Phi) is 14.0. The van der Waals surface area contributed by atoms with Gasteiger partial charge in [0.15, 0.2) is 57.5 Å². The Balaban J connectivity index is 1.11. The first kappa shape index (κ1) is 49.9. The highest BCUT2D eigenvalue weighted by atomic mass is 16.7. The zero-order valence-electron chi connectivity index (χ0n) is 35.6. The summed E-state index contributed by atoms with van der Waals surface area (Å²) in [5.41, 5.74) is -2.57. The minimum atomic E-state index is -2.11. The van der Waals surface area contributed by atoms with E-state index in [1.807, 2.05) is 0 Å². The number of aliphatic hydroxyl groups excluding tert-OH is 6. The first-order chi connectivity index (χ1) is 33.1. The van der Waals surface area contributed by atoms with E-state index in [9.17, 15) is 90.7 Å². The molecule has 28 nitrogen and oxygen atoms in total. The van der Waals surface area contributed by atoms with Crippen molar-refractivity contribution in [2.24, 2.45) is 0 Å². The van der Waals surface area contributed by atoms with E-state index in [1.165, 1.54) is 0 Å². The second-order valence-corrected chi connectivity index (χ2v) is 15.2. The molecule has 0 aliphatic carbocycles. The van der Waals surface area contributed by atoms with Crippen LogP contribution in [0.4, 0.5) is 0 Å². The van der Waals surface area contributed by atoms with Gasteiger partial charge in [-0.05, 0) is 24.3 Å². The summed E-state index contributed by atoms with van der Waals surface area (Å²) in [5, 5.41) is 145. The van der Waals surface area contributed by atoms with Gasteiger partial charge in [-0.15, -0.1) is 0 Å². The zero-order valence-corrected chi connectivity index (χ0v) is 35.6. The molecule has 1 unspecified atom stereocenters. The molecule has 0 amide bonds. The highest BCUT2D eigenvalue weighted by Crippen LogP contribution is 2.52. The maximum Gasteiger partial charge on any atom is 0.347 e. The van der Waals surface area contributed by atoms with Gasteiger partial charge in [-0.3, -0.25) is 0 Å². The van der Waals surface area contributed by atoms with Crippen LogP contribution in [-0.4, -0.2) is 184 Å². The van der Waals surface area contributed by atoms with Crippen LogP contribution in [0.1, 0.15) is 41.4 Å². The van der Waals surface area contributed by atoms with Gasteiger partial charge in [0, 0.05) is 12.1 Å². The molecule has 3 heterocycles. The second-order valence-electron chi connectivity index (χ2n) is 15.2. The molecule has 28 heteroatoms. The standard InChI is InChI=1S/C42H40O28/c1-61-35-19(65-41-29(53)27(51)25(49)21(67-41)9-63-37(57)11-3-15(43)23(47)16(44)4-11)7-13-33(31(35)55)69-40(60)14-8-20(36(62-2)32(56)34(14)70-39(13)59)66-42-30(54)28(52)26(50)22(68-42)10-64-38(58)12-5-17(45)24(48)18(46)6-12/h3-8,21-22,25-30,41-56H,9-10H2,1-2H3/t21-,22-,25-,26-,27+,28+,29-,30?,41-,42-/m1/s1. The van der Waals surface area contributed by atoms with Gasteiger partial charge in [0.25, 0.3) is 0 Å². The fourth-order valence-corrected chi connectivity index (χ4v) is 7.07. The summed E-state index contributed by atoms with van der Waals surface area (Å²) in [5.74, 6) is -17.7. The van der Waals surface area contributed by atoms with Crippen molar-refractivity contribution >= 4 is 23.9 Å². The number of methoxy groups -OCH3 is 2. The smallest absolute Gasteiger partial charge is 0.347 e. The number of phenols is 8. The monoisotopic (exact) mass is 992 g/mol. The maximum atomic E-state index is 13.8. The van der Waals surface area contributed by atoms with Crippen molar-refractivity contribution in [2.45, 2.75) is 61.4 Å². The molecule has 14 N–H and O–H groups in total. The van der Waals surface area contributed by atoms with E-state index in [1.54, 1.807) is 0 Å². The van der Waals surface area contributed by atoms with Crippen LogP contribution in [0.3, 0.4) is 0 Å². The van der Waals surface area contributed by atoms with Crippen LogP contribution in [0.15, 0.2) is 36.4 Å². The summed E-state index contributed by atoms with van der Waals surface area (Å²) in [6.07, 6.45) is -19.7. The van der Waals surface area contributed by atoms with Crippen molar-refractivity contribution in [3.8, 4) is 80.5 Å². The molecular formula is C42H40O28. The van der Waals surface area contributed by atoms with Crippen molar-refractivity contribution < 1.29 is 138 Å². The van der Waals surface area contributed by atoms with Gasteiger partial charge in [0.05, 0.1) is 25.3 Å². The topological polar surface area (TPSA) is 444 Å². The van der Waals surface area contributed by atoms with Gasteiger partial charge < -0.3 is 119 Å². The first-order valence-corrected chi connectivity index (χ1v) is 20.0. The van der Waals surface area contributed by atoms with Crippen LogP contribution in [0.2, 0.25) is 0 Å². The van der Waals surface area contributed by atoms with Gasteiger partial charge in [-0.1, -0.05) is 0 Å². The Bertz CT molecular complexity index is 2490. The Hall–Kier alpha value is -7.96. The molecule has 10 atom stereocenters. The number of aromatic hydroxyl groups is 8. The third-order valence-corrected chi connectivity index (χ3v) is 10.8. The number of hydrogen-bond acceptors (Lipinski definition) is 28. The highest BCUT2D eigenvalue weighted by Gasteiger charge is 2.48. The number of aliphatic hydroxyl groups is 6. The number of hydrogen-bond donors (Lipinski definition) is 14. The molecule has 0 radical (unpaired) electrons. The maximum absolute atomic E-state index is 13.8. The Morgan fingerprint density at radius 3 is 1.13 bits per heavy atom. The van der Waals surface area contributed by atoms with Crippen molar-refractivity contribution in [1.82, 2.24) is 0 Å². The number of carbonyl (C=O) groups excluding carboxylic acids is 4. The first-order valence-electron chi connectivity index (χ1n) is 20.0. The predicted octanol–water partition coefficient (Wildman–Crippen LogP) is -1.81. The molecule has 3 aliphatic rings. The molecule has 2 fully saturated rings. The third kappa shape index (κ3) is 9.30. The number of phenolic OH excluding ortho intramolecular Hbond substituents is 8. The lowest BCUT2D eigenvalue weighted by Gasteiger charge is -2.40. The Labute approximate surface area is 389 Å². The lowest BCUT2D eigenvalue weighted by atomic mass is 9.99. The fraction of sp³-hybridized carbons (Fsp3) is 0.333. The molecule has 0 aromatic heterocycles. The van der Waals surface area contributed by atoms with Crippen molar-refractivity contribution in [3.63, 3.8) is 0 Å². The largest absolute Gasteiger partial charge is 0.504 e. The molecule has 0 bridgehead atoms. The number of esters is 4. The molecule has 4 aromatic rings. The summed E-state index contributed by atoms with van der Waals surface area (Å²) in [4.78, 5) is 52.8. The quantitative estimate of drug-likeness (QED) is 0.0422. The van der Waals surface area contributed by atoms with Crippen molar-refractivity contribution in [1.29, 1.82) is 0 Å². The van der Waals surface area contributed by atoms with E-state index in [-0.39, 0.29) is 0 Å². The summed E-state index contributed by atoms with van der Waals surface area (Å²) >= 11 is 0. The fourth-order valence-electron chi connectivity index (χ4n) is 7.07. The van der Waals surface area contributed by atoms with Crippen molar-refractivity contribution in [3.05, 3.63) is 58.7 Å². The average molecular weight is 993 g/mol. The van der Waals surface area contributed by atoms with Crippen LogP contribution in [0.5, 0.6) is 80.5 Å². The van der Waals surface area contributed by atoms with Gasteiger partial charge in [-0.2, -0.15) is 0 Å². The second kappa shape index (κ2) is 19.6. The normalized spacial score (nSPS) is 25.1. The number of benzene rings is 4. The predicted molar refractivity (Wildman–Crippen MR) is 217 cm³/mol. The van der Waals surface area contributed by atoms with E-state index in [2.05, 4.69) is 0 Å². The number of fused-ring (bicyclic) bond motifs is 2. The van der Waals surface area contributed by atoms with Crippen LogP contribution in [-0.2, 0) is 18.9 Å². The summed E-state index contributed by atoms with van der Waals surface area (Å²) in [6.45, 7) is -1.75. The van der Waals surface area contributed by atoms with Crippen molar-refractivity contribution in [2.75, 3.05) is 27.4 Å². The van der Waals surface area contributed by atoms with Crippen LogP contribution in [0, 0.1) is 0 Å². The summed E-state index contributed by atoms with van der Waals surface area (Å²) in [7, 11) is 1.94. The minimum Gasteiger partial charge on any atom is -0.504 e. The van der Waals surface area contributed by atoms with Crippen LogP contribution >= 0.6 is 0 Å². The third-order valence-electron chi connectivity index (χ3n) is 10.8.